The zero-order valence-corrected chi connectivity index (χ0v) is 20.7. The van der Waals surface area contributed by atoms with Gasteiger partial charge in [-0.25, -0.2) is 17.2 Å². The quantitative estimate of drug-likeness (QED) is 0.446. The van der Waals surface area contributed by atoms with E-state index in [1.165, 1.54) is 60.5 Å². The molecule has 0 radical (unpaired) electrons. The lowest BCUT2D eigenvalue weighted by Gasteiger charge is -2.33. The molecule has 3 aromatic rings. The summed E-state index contributed by atoms with van der Waals surface area (Å²) in [6.07, 6.45) is 0.259. The van der Waals surface area contributed by atoms with Gasteiger partial charge in [0.15, 0.2) is 0 Å². The minimum Gasteiger partial charge on any atom is -0.357 e. The van der Waals surface area contributed by atoms with Crippen molar-refractivity contribution in [2.24, 2.45) is 0 Å². The Morgan fingerprint density at radius 3 is 1.97 bits per heavy atom. The zero-order valence-electron chi connectivity index (χ0n) is 19.9. The predicted octanol–water partition coefficient (Wildman–Crippen LogP) is 3.71. The fourth-order valence-corrected chi connectivity index (χ4v) is 5.16. The van der Waals surface area contributed by atoms with Crippen LogP contribution < -0.4 is 9.62 Å². The van der Waals surface area contributed by atoms with E-state index in [0.717, 1.165) is 16.4 Å². The van der Waals surface area contributed by atoms with Crippen molar-refractivity contribution in [2.45, 2.75) is 30.8 Å². The Morgan fingerprint density at radius 1 is 0.889 bits per heavy atom. The molecular weight excluding hydrogens is 488 g/mol. The number of anilines is 1. The highest BCUT2D eigenvalue weighted by atomic mass is 32.2. The third kappa shape index (κ3) is 6.25. The van der Waals surface area contributed by atoms with Crippen LogP contribution in [0, 0.1) is 11.6 Å². The highest BCUT2D eigenvalue weighted by Crippen LogP contribution is 2.25. The molecule has 1 atom stereocenters. The Bertz CT molecular complexity index is 1290. The Labute approximate surface area is 209 Å². The number of benzene rings is 3. The van der Waals surface area contributed by atoms with Crippen molar-refractivity contribution in [3.8, 4) is 0 Å². The third-order valence-corrected chi connectivity index (χ3v) is 7.41. The summed E-state index contributed by atoms with van der Waals surface area (Å²) in [6.45, 7) is 1.04. The largest absolute Gasteiger partial charge is 0.357 e. The average Bonchev–Trinajstić information content (AvgIpc) is 2.89. The second-order valence-corrected chi connectivity index (χ2v) is 9.85. The standard InChI is InChI=1S/C26H27F2N3O4S/c1-3-24(26(33)29-2)30(17-19-9-11-20(27)12-10-19)25(32)18-31(22-15-13-21(28)14-16-22)36(34,35)23-7-5-4-6-8-23/h4-16,24H,3,17-18H2,1-2H3,(H,29,33)/t24-/m1/s1. The van der Waals surface area contributed by atoms with Crippen molar-refractivity contribution < 1.29 is 26.8 Å². The number of nitrogens with one attached hydrogen (secondary N) is 1. The molecular formula is C26H27F2N3O4S. The molecule has 0 unspecified atom stereocenters. The normalized spacial score (nSPS) is 12.0. The molecule has 0 aromatic heterocycles. The van der Waals surface area contributed by atoms with Crippen LogP contribution in [0.2, 0.25) is 0 Å². The fourth-order valence-electron chi connectivity index (χ4n) is 3.73. The van der Waals surface area contributed by atoms with Gasteiger partial charge < -0.3 is 10.2 Å². The van der Waals surface area contributed by atoms with Gasteiger partial charge in [0.25, 0.3) is 10.0 Å². The van der Waals surface area contributed by atoms with Gasteiger partial charge in [-0.1, -0.05) is 37.3 Å². The van der Waals surface area contributed by atoms with E-state index in [2.05, 4.69) is 5.32 Å². The van der Waals surface area contributed by atoms with Crippen molar-refractivity contribution in [1.29, 1.82) is 0 Å². The third-order valence-electron chi connectivity index (χ3n) is 5.62. The topological polar surface area (TPSA) is 86.8 Å². The van der Waals surface area contributed by atoms with Gasteiger partial charge in [0.05, 0.1) is 10.6 Å². The summed E-state index contributed by atoms with van der Waals surface area (Å²) in [5.74, 6) is -2.09. The number of nitrogens with zero attached hydrogens (tertiary/aromatic N) is 2. The molecule has 3 aromatic carbocycles. The van der Waals surface area contributed by atoms with Gasteiger partial charge in [0.2, 0.25) is 11.8 Å². The van der Waals surface area contributed by atoms with Crippen LogP contribution in [0.3, 0.4) is 0 Å². The molecule has 3 rings (SSSR count). The number of carbonyl (C=O) groups excluding carboxylic acids is 2. The summed E-state index contributed by atoms with van der Waals surface area (Å²) >= 11 is 0. The number of amides is 2. The van der Waals surface area contributed by atoms with Crippen LogP contribution in [-0.2, 0) is 26.2 Å². The maximum atomic E-state index is 13.7. The Kier molecular flexibility index (Phi) is 8.76. The SMILES string of the molecule is CC[C@H](C(=O)NC)N(Cc1ccc(F)cc1)C(=O)CN(c1ccc(F)cc1)S(=O)(=O)c1ccccc1. The van der Waals surface area contributed by atoms with E-state index in [4.69, 9.17) is 0 Å². The minimum absolute atomic E-state index is 0.0479. The highest BCUT2D eigenvalue weighted by molar-refractivity contribution is 7.92. The highest BCUT2D eigenvalue weighted by Gasteiger charge is 2.33. The lowest BCUT2D eigenvalue weighted by Crippen LogP contribution is -2.51. The summed E-state index contributed by atoms with van der Waals surface area (Å²) in [7, 11) is -2.78. The van der Waals surface area contributed by atoms with Crippen molar-refractivity contribution >= 4 is 27.5 Å². The van der Waals surface area contributed by atoms with Crippen LogP contribution in [0.15, 0.2) is 83.8 Å². The van der Waals surface area contributed by atoms with Crippen molar-refractivity contribution in [3.63, 3.8) is 0 Å². The predicted molar refractivity (Wildman–Crippen MR) is 132 cm³/mol. The second kappa shape index (κ2) is 11.8. The van der Waals surface area contributed by atoms with E-state index in [-0.39, 0.29) is 23.5 Å². The summed E-state index contributed by atoms with van der Waals surface area (Å²) in [4.78, 5) is 27.5. The van der Waals surface area contributed by atoms with E-state index in [9.17, 15) is 26.8 Å². The first kappa shape index (κ1) is 26.8. The van der Waals surface area contributed by atoms with Gasteiger partial charge in [-0.15, -0.1) is 0 Å². The molecule has 0 aliphatic heterocycles. The fraction of sp³-hybridized carbons (Fsp3) is 0.231. The Morgan fingerprint density at radius 2 is 1.44 bits per heavy atom. The Balaban J connectivity index is 2.03. The molecule has 0 fully saturated rings. The summed E-state index contributed by atoms with van der Waals surface area (Å²) < 4.78 is 55.0. The maximum Gasteiger partial charge on any atom is 0.264 e. The number of carbonyl (C=O) groups is 2. The van der Waals surface area contributed by atoms with Crippen LogP contribution in [0.25, 0.3) is 0 Å². The lowest BCUT2D eigenvalue weighted by atomic mass is 10.1. The molecule has 2 amide bonds. The molecule has 7 nitrogen and oxygen atoms in total. The number of rotatable bonds is 10. The van der Waals surface area contributed by atoms with Crippen LogP contribution in [0.1, 0.15) is 18.9 Å². The first-order chi connectivity index (χ1) is 17.2. The smallest absolute Gasteiger partial charge is 0.264 e. The van der Waals surface area contributed by atoms with E-state index in [1.807, 2.05) is 0 Å². The van der Waals surface area contributed by atoms with Crippen LogP contribution in [0.5, 0.6) is 0 Å². The molecule has 0 saturated carbocycles. The zero-order chi connectivity index (χ0) is 26.3. The first-order valence-corrected chi connectivity index (χ1v) is 12.7. The second-order valence-electron chi connectivity index (χ2n) is 7.99. The average molecular weight is 516 g/mol. The lowest BCUT2D eigenvalue weighted by molar-refractivity contribution is -0.140. The van der Waals surface area contributed by atoms with Gasteiger partial charge >= 0.3 is 0 Å². The molecule has 0 saturated heterocycles. The molecule has 1 N–H and O–H groups in total. The number of hydrogen-bond acceptors (Lipinski definition) is 4. The van der Waals surface area contributed by atoms with E-state index < -0.39 is 46.1 Å². The Hall–Kier alpha value is -3.79. The van der Waals surface area contributed by atoms with Gasteiger partial charge in [-0.05, 0) is 60.5 Å². The maximum absolute atomic E-state index is 13.7. The molecule has 0 heterocycles. The molecule has 36 heavy (non-hydrogen) atoms. The van der Waals surface area contributed by atoms with Gasteiger partial charge in [0, 0.05) is 13.6 Å². The molecule has 0 aliphatic carbocycles. The van der Waals surface area contributed by atoms with E-state index in [1.54, 1.807) is 25.1 Å². The molecule has 10 heteroatoms. The summed E-state index contributed by atoms with van der Waals surface area (Å²) in [6, 6.07) is 16.8. The number of halogens is 2. The van der Waals surface area contributed by atoms with Gasteiger partial charge in [-0.3, -0.25) is 13.9 Å². The first-order valence-electron chi connectivity index (χ1n) is 11.3. The summed E-state index contributed by atoms with van der Waals surface area (Å²) in [5.41, 5.74) is 0.648. The van der Waals surface area contributed by atoms with Crippen molar-refractivity contribution in [1.82, 2.24) is 10.2 Å². The van der Waals surface area contributed by atoms with Crippen LogP contribution in [0.4, 0.5) is 14.5 Å². The van der Waals surface area contributed by atoms with E-state index >= 15 is 0 Å². The monoisotopic (exact) mass is 515 g/mol. The van der Waals surface area contributed by atoms with Crippen LogP contribution >= 0.6 is 0 Å². The number of sulfonamides is 1. The molecule has 0 spiro atoms. The number of hydrogen-bond donors (Lipinski definition) is 1. The molecule has 0 aliphatic rings. The molecule has 0 bridgehead atoms. The van der Waals surface area contributed by atoms with Crippen molar-refractivity contribution in [2.75, 3.05) is 17.9 Å². The minimum atomic E-state index is -4.22. The molecule has 190 valence electrons. The van der Waals surface area contributed by atoms with Gasteiger partial charge in [-0.2, -0.15) is 0 Å². The van der Waals surface area contributed by atoms with E-state index in [0.29, 0.717) is 5.56 Å². The number of likely N-dealkylation sites (N-methyl/N-ethyl adjacent to an activating group) is 1. The summed E-state index contributed by atoms with van der Waals surface area (Å²) in [5, 5.41) is 2.53. The van der Waals surface area contributed by atoms with Crippen LogP contribution in [-0.4, -0.2) is 44.8 Å². The van der Waals surface area contributed by atoms with Gasteiger partial charge in [0.1, 0.15) is 24.2 Å². The van der Waals surface area contributed by atoms with Crippen molar-refractivity contribution in [3.05, 3.63) is 96.1 Å².